The number of aromatic hydroxyl groups is 2. The maximum absolute atomic E-state index is 12.2. The number of hydrogen-bond donors (Lipinski definition) is 2. The largest absolute Gasteiger partial charge is 0.508 e. The predicted molar refractivity (Wildman–Crippen MR) is 82.0 cm³/mol. The van der Waals surface area contributed by atoms with Crippen LogP contribution in [0.2, 0.25) is 0 Å². The zero-order chi connectivity index (χ0) is 16.1. The van der Waals surface area contributed by atoms with Gasteiger partial charge in [0.2, 0.25) is 0 Å². The van der Waals surface area contributed by atoms with Gasteiger partial charge in [-0.2, -0.15) is 0 Å². The van der Waals surface area contributed by atoms with Crippen molar-refractivity contribution >= 4 is 5.78 Å². The molecule has 2 aromatic rings. The van der Waals surface area contributed by atoms with Gasteiger partial charge in [-0.25, -0.2) is 0 Å². The minimum Gasteiger partial charge on any atom is -0.508 e. The van der Waals surface area contributed by atoms with Crippen molar-refractivity contribution in [1.29, 1.82) is 0 Å². The Hall–Kier alpha value is -2.69. The van der Waals surface area contributed by atoms with Gasteiger partial charge in [-0.3, -0.25) is 4.79 Å². The Kier molecular flexibility index (Phi) is 4.88. The molecule has 0 aliphatic heterocycles. The van der Waals surface area contributed by atoms with E-state index in [4.69, 9.17) is 9.47 Å². The maximum atomic E-state index is 12.2. The number of ether oxygens (including phenoxy) is 2. The summed E-state index contributed by atoms with van der Waals surface area (Å²) in [5, 5.41) is 19.0. The van der Waals surface area contributed by atoms with Crippen LogP contribution >= 0.6 is 0 Å². The summed E-state index contributed by atoms with van der Waals surface area (Å²) < 4.78 is 10.5. The molecule has 5 heteroatoms. The Labute approximate surface area is 128 Å². The lowest BCUT2D eigenvalue weighted by molar-refractivity contribution is 0.0980. The van der Waals surface area contributed by atoms with Crippen LogP contribution in [-0.2, 0) is 6.42 Å². The number of ketones is 1. The van der Waals surface area contributed by atoms with E-state index < -0.39 is 0 Å². The number of hydrogen-bond acceptors (Lipinski definition) is 5. The molecule has 0 fully saturated rings. The molecule has 22 heavy (non-hydrogen) atoms. The van der Waals surface area contributed by atoms with Crippen LogP contribution in [0.5, 0.6) is 23.0 Å². The van der Waals surface area contributed by atoms with Crippen LogP contribution in [0.4, 0.5) is 0 Å². The second-order valence-electron chi connectivity index (χ2n) is 4.78. The number of benzene rings is 2. The Morgan fingerprint density at radius 1 is 1.09 bits per heavy atom. The van der Waals surface area contributed by atoms with Crippen LogP contribution < -0.4 is 9.47 Å². The highest BCUT2D eigenvalue weighted by atomic mass is 16.5. The molecule has 2 N–H and O–H groups in total. The number of Topliss-reactive ketones (excluding diaryl/α,β-unsaturated/α-hetero) is 1. The highest BCUT2D eigenvalue weighted by Gasteiger charge is 2.14. The Morgan fingerprint density at radius 3 is 2.50 bits per heavy atom. The van der Waals surface area contributed by atoms with Crippen LogP contribution in [0.25, 0.3) is 0 Å². The number of phenolic OH excluding ortho intramolecular Hbond substituents is 2. The number of para-hydroxylation sites is 1. The highest BCUT2D eigenvalue weighted by Crippen LogP contribution is 2.32. The van der Waals surface area contributed by atoms with E-state index in [0.29, 0.717) is 17.9 Å². The van der Waals surface area contributed by atoms with E-state index in [0.717, 1.165) is 11.6 Å². The summed E-state index contributed by atoms with van der Waals surface area (Å²) in [5.41, 5.74) is 1.05. The van der Waals surface area contributed by atoms with Crippen LogP contribution in [0.3, 0.4) is 0 Å². The first-order valence-electron chi connectivity index (χ1n) is 6.82. The molecular weight excluding hydrogens is 284 g/mol. The SMILES string of the molecule is COc1cccc(CCC(=O)c2ccc(O)cc2O)c1OC. The number of aryl methyl sites for hydroxylation is 1. The summed E-state index contributed by atoms with van der Waals surface area (Å²) >= 11 is 0. The van der Waals surface area contributed by atoms with E-state index in [1.807, 2.05) is 12.1 Å². The summed E-state index contributed by atoms with van der Waals surface area (Å²) in [7, 11) is 3.11. The van der Waals surface area contributed by atoms with Crippen molar-refractivity contribution in [2.24, 2.45) is 0 Å². The molecule has 0 saturated carbocycles. The summed E-state index contributed by atoms with van der Waals surface area (Å²) in [6.07, 6.45) is 0.668. The molecule has 5 nitrogen and oxygen atoms in total. The highest BCUT2D eigenvalue weighted by molar-refractivity contribution is 5.98. The second kappa shape index (κ2) is 6.85. The van der Waals surface area contributed by atoms with Gasteiger partial charge in [0.15, 0.2) is 17.3 Å². The van der Waals surface area contributed by atoms with E-state index in [9.17, 15) is 15.0 Å². The standard InChI is InChI=1S/C17H18O5/c1-21-16-5-3-4-11(17(16)22-2)6-9-14(19)13-8-7-12(18)10-15(13)20/h3-5,7-8,10,18,20H,6,9H2,1-2H3. The van der Waals surface area contributed by atoms with Gasteiger partial charge < -0.3 is 19.7 Å². The fraction of sp³-hybridized carbons (Fsp3) is 0.235. The van der Waals surface area contributed by atoms with E-state index in [1.54, 1.807) is 20.3 Å². The van der Waals surface area contributed by atoms with Gasteiger partial charge >= 0.3 is 0 Å². The molecule has 0 saturated heterocycles. The maximum Gasteiger partial charge on any atom is 0.166 e. The van der Waals surface area contributed by atoms with E-state index in [2.05, 4.69) is 0 Å². The first-order valence-corrected chi connectivity index (χ1v) is 6.82. The topological polar surface area (TPSA) is 76.0 Å². The predicted octanol–water partition coefficient (Wildman–Crippen LogP) is 2.93. The van der Waals surface area contributed by atoms with Gasteiger partial charge in [0.05, 0.1) is 19.8 Å². The summed E-state index contributed by atoms with van der Waals surface area (Å²) in [4.78, 5) is 12.2. The lowest BCUT2D eigenvalue weighted by atomic mass is 10.0. The molecule has 0 radical (unpaired) electrons. The molecule has 0 aliphatic carbocycles. The molecule has 2 rings (SSSR count). The number of phenols is 2. The summed E-state index contributed by atoms with van der Waals surface area (Å²) in [6, 6.07) is 9.43. The zero-order valence-electron chi connectivity index (χ0n) is 12.5. The third kappa shape index (κ3) is 3.31. The van der Waals surface area contributed by atoms with Crippen molar-refractivity contribution in [2.45, 2.75) is 12.8 Å². The average molecular weight is 302 g/mol. The number of rotatable bonds is 6. The first kappa shape index (κ1) is 15.7. The monoisotopic (exact) mass is 302 g/mol. The van der Waals surface area contributed by atoms with Crippen LogP contribution in [-0.4, -0.2) is 30.2 Å². The van der Waals surface area contributed by atoms with Gasteiger partial charge in [-0.1, -0.05) is 12.1 Å². The summed E-state index contributed by atoms with van der Waals surface area (Å²) in [5.74, 6) is 0.709. The molecule has 0 bridgehead atoms. The second-order valence-corrected chi connectivity index (χ2v) is 4.78. The first-order chi connectivity index (χ1) is 10.6. The van der Waals surface area contributed by atoms with Gasteiger partial charge in [-0.15, -0.1) is 0 Å². The molecule has 0 unspecified atom stereocenters. The van der Waals surface area contributed by atoms with Gasteiger partial charge in [0, 0.05) is 12.5 Å². The lowest BCUT2D eigenvalue weighted by Crippen LogP contribution is -2.03. The molecular formula is C17H18O5. The minimum absolute atomic E-state index is 0.0801. The minimum atomic E-state index is -0.220. The fourth-order valence-electron chi connectivity index (χ4n) is 2.29. The Morgan fingerprint density at radius 2 is 1.86 bits per heavy atom. The van der Waals surface area contributed by atoms with Crippen molar-refractivity contribution in [2.75, 3.05) is 14.2 Å². The molecule has 2 aromatic carbocycles. The molecule has 0 amide bonds. The van der Waals surface area contributed by atoms with Crippen molar-refractivity contribution in [3.63, 3.8) is 0 Å². The Balaban J connectivity index is 2.14. The fourth-order valence-corrected chi connectivity index (χ4v) is 2.29. The number of carbonyl (C=O) groups is 1. The van der Waals surface area contributed by atoms with Crippen LogP contribution in [0, 0.1) is 0 Å². The quantitative estimate of drug-likeness (QED) is 0.802. The number of carbonyl (C=O) groups excluding carboxylic acids is 1. The lowest BCUT2D eigenvalue weighted by Gasteiger charge is -2.12. The zero-order valence-corrected chi connectivity index (χ0v) is 12.5. The van der Waals surface area contributed by atoms with Crippen LogP contribution in [0.15, 0.2) is 36.4 Å². The van der Waals surface area contributed by atoms with Crippen molar-refractivity contribution in [1.82, 2.24) is 0 Å². The number of methoxy groups -OCH3 is 2. The van der Waals surface area contributed by atoms with E-state index >= 15 is 0 Å². The summed E-state index contributed by atoms with van der Waals surface area (Å²) in [6.45, 7) is 0. The molecule has 0 aliphatic rings. The molecule has 0 spiro atoms. The molecule has 116 valence electrons. The molecule has 0 aromatic heterocycles. The Bertz CT molecular complexity index is 679. The van der Waals surface area contributed by atoms with E-state index in [-0.39, 0.29) is 29.3 Å². The van der Waals surface area contributed by atoms with Crippen LogP contribution in [0.1, 0.15) is 22.3 Å². The van der Waals surface area contributed by atoms with Crippen molar-refractivity contribution in [3.05, 3.63) is 47.5 Å². The third-order valence-electron chi connectivity index (χ3n) is 3.39. The smallest absolute Gasteiger partial charge is 0.166 e. The van der Waals surface area contributed by atoms with Gasteiger partial charge in [0.1, 0.15) is 11.5 Å². The van der Waals surface area contributed by atoms with Gasteiger partial charge in [-0.05, 0) is 30.2 Å². The normalized spacial score (nSPS) is 10.3. The van der Waals surface area contributed by atoms with Gasteiger partial charge in [0.25, 0.3) is 0 Å². The molecule has 0 atom stereocenters. The molecule has 0 heterocycles. The van der Waals surface area contributed by atoms with Crippen molar-refractivity contribution in [3.8, 4) is 23.0 Å². The average Bonchev–Trinajstić information content (AvgIpc) is 2.51. The third-order valence-corrected chi connectivity index (χ3v) is 3.39. The van der Waals surface area contributed by atoms with Crippen molar-refractivity contribution < 1.29 is 24.5 Å². The van der Waals surface area contributed by atoms with E-state index in [1.165, 1.54) is 12.1 Å².